The largest absolute Gasteiger partial charge is 0.512 e. The summed E-state index contributed by atoms with van der Waals surface area (Å²) in [5.41, 5.74) is 25.4. The fourth-order valence-corrected chi connectivity index (χ4v) is 12.0. The summed E-state index contributed by atoms with van der Waals surface area (Å²) >= 11 is 0. The minimum Gasteiger partial charge on any atom is -0.512 e. The number of carbonyl (C=O) groups is 1. The minimum atomic E-state index is -0.125. The van der Waals surface area contributed by atoms with Crippen LogP contribution in [0.25, 0.3) is 76.9 Å². The number of para-hydroxylation sites is 1. The van der Waals surface area contributed by atoms with E-state index >= 15 is 0 Å². The van der Waals surface area contributed by atoms with E-state index in [0.29, 0.717) is 0 Å². The molecule has 2 heterocycles. The van der Waals surface area contributed by atoms with Gasteiger partial charge in [-0.25, -0.2) is 0 Å². The van der Waals surface area contributed by atoms with Crippen molar-refractivity contribution in [1.82, 2.24) is 9.97 Å². The smallest absolute Gasteiger partial charge is 0.155 e. The van der Waals surface area contributed by atoms with E-state index < -0.39 is 0 Å². The molecule has 476 valence electrons. The SMILES string of the molecule is CC(=O)C=C(C)O.Cc1ccc(C(c2ccc(C)c(C)c2)c2cc3c4ccccc4c(N(c4ccc(C)c(C)c4)c4ccc(C)c(C)c4)cc3c3ccccc23)cc1C.[Ir].[Ir].[c-]1ccc(-c2ccccc2)cc1-c1ccccn1.[c-]1ccccc1-c1ccc2ccccc2n1. The van der Waals surface area contributed by atoms with Crippen LogP contribution in [0.15, 0.2) is 279 Å². The van der Waals surface area contributed by atoms with E-state index in [2.05, 4.69) is 252 Å². The molecule has 2 aromatic heterocycles. The fourth-order valence-electron chi connectivity index (χ4n) is 12.0. The first kappa shape index (κ1) is 69.6. The Morgan fingerprint density at radius 1 is 0.421 bits per heavy atom. The van der Waals surface area contributed by atoms with Gasteiger partial charge in [0.2, 0.25) is 0 Å². The number of aryl methyl sites for hydroxylation is 8. The maximum atomic E-state index is 10.0. The van der Waals surface area contributed by atoms with Crippen LogP contribution in [-0.4, -0.2) is 20.9 Å². The molecule has 0 aliphatic rings. The molecule has 0 amide bonds. The number of nitrogens with zero attached hydrogens (tertiary/aromatic N) is 3. The van der Waals surface area contributed by atoms with Crippen LogP contribution >= 0.6 is 0 Å². The number of allylic oxidation sites excluding steroid dienone is 2. The molecule has 0 bridgehead atoms. The molecule has 0 aliphatic carbocycles. The van der Waals surface area contributed by atoms with Gasteiger partial charge in [0.1, 0.15) is 0 Å². The number of rotatable bonds is 10. The molecule has 7 heteroatoms. The van der Waals surface area contributed by atoms with Gasteiger partial charge in [0.15, 0.2) is 5.78 Å². The Kier molecular flexibility index (Phi) is 23.4. The molecule has 0 spiro atoms. The zero-order chi connectivity index (χ0) is 65.1. The zero-order valence-electron chi connectivity index (χ0n) is 55.4. The summed E-state index contributed by atoms with van der Waals surface area (Å²) in [5.74, 6) is 0.0152. The van der Waals surface area contributed by atoms with E-state index in [0.717, 1.165) is 28.0 Å². The van der Waals surface area contributed by atoms with Crippen molar-refractivity contribution < 1.29 is 50.1 Å². The third kappa shape index (κ3) is 16.4. The van der Waals surface area contributed by atoms with Gasteiger partial charge in [0, 0.05) is 75.2 Å². The maximum absolute atomic E-state index is 10.0. The summed E-state index contributed by atoms with van der Waals surface area (Å²) in [7, 11) is 0. The molecule has 95 heavy (non-hydrogen) atoms. The second-order valence-electron chi connectivity index (χ2n) is 24.2. The van der Waals surface area contributed by atoms with Gasteiger partial charge in [-0.1, -0.05) is 170 Å². The van der Waals surface area contributed by atoms with Crippen molar-refractivity contribution in [3.05, 3.63) is 352 Å². The average Bonchev–Trinajstić information content (AvgIpc) is 0.727. The van der Waals surface area contributed by atoms with Crippen LogP contribution < -0.4 is 4.90 Å². The van der Waals surface area contributed by atoms with Crippen molar-refractivity contribution in [1.29, 1.82) is 0 Å². The van der Waals surface area contributed by atoms with Crippen molar-refractivity contribution in [2.24, 2.45) is 0 Å². The van der Waals surface area contributed by atoms with Crippen molar-refractivity contribution >= 4 is 66.1 Å². The first-order chi connectivity index (χ1) is 45.1. The topological polar surface area (TPSA) is 66.3 Å². The van der Waals surface area contributed by atoms with E-state index in [1.165, 1.54) is 147 Å². The number of aromatic nitrogens is 2. The number of hydrogen-bond donors (Lipinski definition) is 1. The molecule has 14 aromatic rings. The van der Waals surface area contributed by atoms with Crippen LogP contribution in [0.1, 0.15) is 81.0 Å². The molecule has 12 aromatic carbocycles. The number of carbonyl (C=O) groups excluding carboxylic acids is 1. The van der Waals surface area contributed by atoms with Crippen LogP contribution in [0.3, 0.4) is 0 Å². The fraction of sp³-hybridized carbons (Fsp3) is 0.125. The van der Waals surface area contributed by atoms with Crippen molar-refractivity contribution in [3.8, 4) is 33.6 Å². The molecular formula is C88H77Ir2N3O2-2. The summed E-state index contributed by atoms with van der Waals surface area (Å²) in [5, 5.41) is 17.2. The normalized spacial score (nSPS) is 10.9. The minimum absolute atomic E-state index is 0. The third-order valence-corrected chi connectivity index (χ3v) is 17.5. The summed E-state index contributed by atoms with van der Waals surface area (Å²) in [6, 6.07) is 99.8. The van der Waals surface area contributed by atoms with Gasteiger partial charge in [0.05, 0.1) is 17.0 Å². The van der Waals surface area contributed by atoms with Crippen LogP contribution in [0.2, 0.25) is 0 Å². The molecule has 14 rings (SSSR count). The molecule has 5 nitrogen and oxygen atoms in total. The Bertz CT molecular complexity index is 4680. The predicted octanol–water partition coefficient (Wildman–Crippen LogP) is 23.2. The molecule has 0 saturated carbocycles. The molecule has 2 radical (unpaired) electrons. The van der Waals surface area contributed by atoms with Crippen LogP contribution in [0.5, 0.6) is 0 Å². The first-order valence-corrected chi connectivity index (χ1v) is 31.7. The molecule has 1 N–H and O–H groups in total. The second kappa shape index (κ2) is 31.9. The van der Waals surface area contributed by atoms with Gasteiger partial charge >= 0.3 is 0 Å². The Morgan fingerprint density at radius 2 is 0.947 bits per heavy atom. The van der Waals surface area contributed by atoms with Crippen LogP contribution in [0.4, 0.5) is 17.1 Å². The van der Waals surface area contributed by atoms with Crippen molar-refractivity contribution in [3.63, 3.8) is 0 Å². The second-order valence-corrected chi connectivity index (χ2v) is 24.2. The summed E-state index contributed by atoms with van der Waals surface area (Å²) < 4.78 is 0. The molecule has 0 atom stereocenters. The molecule has 0 saturated heterocycles. The molecule has 0 fully saturated rings. The Labute approximate surface area is 587 Å². The number of fused-ring (bicyclic) bond motifs is 6. The van der Waals surface area contributed by atoms with Gasteiger partial charge in [-0.05, 0) is 228 Å². The van der Waals surface area contributed by atoms with E-state index in [4.69, 9.17) is 5.11 Å². The molecule has 0 unspecified atom stereocenters. The van der Waals surface area contributed by atoms with E-state index in [1.54, 1.807) is 6.20 Å². The predicted molar refractivity (Wildman–Crippen MR) is 392 cm³/mol. The van der Waals surface area contributed by atoms with Crippen LogP contribution in [0, 0.1) is 67.5 Å². The Balaban J connectivity index is 0.000000199. The average molecular weight is 1590 g/mol. The number of pyridine rings is 2. The molecule has 0 aliphatic heterocycles. The van der Waals surface area contributed by atoms with Crippen molar-refractivity contribution in [2.75, 3.05) is 4.90 Å². The molecular weight excluding hydrogens is 1520 g/mol. The van der Waals surface area contributed by atoms with Gasteiger partial charge in [-0.15, -0.1) is 71.3 Å². The zero-order valence-corrected chi connectivity index (χ0v) is 60.2. The first-order valence-electron chi connectivity index (χ1n) is 31.7. The summed E-state index contributed by atoms with van der Waals surface area (Å²) in [4.78, 5) is 21.5. The van der Waals surface area contributed by atoms with Crippen molar-refractivity contribution in [2.45, 2.75) is 75.2 Å². The number of hydrogen-bond acceptors (Lipinski definition) is 5. The van der Waals surface area contributed by atoms with Gasteiger partial charge < -0.3 is 15.0 Å². The number of anilines is 3. The summed E-state index contributed by atoms with van der Waals surface area (Å²) in [6.45, 7) is 20.5. The summed E-state index contributed by atoms with van der Waals surface area (Å²) in [6.07, 6.45) is 2.97. The third-order valence-electron chi connectivity index (χ3n) is 17.5. The number of aliphatic hydroxyl groups excluding tert-OH is 1. The van der Waals surface area contributed by atoms with Crippen LogP contribution in [-0.2, 0) is 45.0 Å². The standard InChI is InChI=1S/C51H47N.C17H12N.C15H10N.C5H8O2.2Ir/c1-31-17-21-39(25-35(31)5)51(40-22-18-32(2)36(6)26-40)49-29-47-45-15-11-12-16-46(45)50(30-48(47)43-13-9-10-14-44(43)49)52(41-23-19-33(3)37(7)27-41)42-24-20-34(4)38(8)28-42;1-2-7-14(8-3-1)15-9-6-10-16(13-15)17-11-4-5-12-18-17;1-2-6-12(7-3-1)15-11-10-13-8-4-5-9-14(13)16-15;1-4(6)3-5(2)7;;/h9-30,51H,1-8H3;1-9,11-13H;1-6,8-11H;3,6H,1-2H3;;/q;2*-1;;;. The maximum Gasteiger partial charge on any atom is 0.155 e. The quantitative estimate of drug-likeness (QED) is 0.0486. The Hall–Kier alpha value is -9.71. The van der Waals surface area contributed by atoms with Gasteiger partial charge in [-0.3, -0.25) is 9.78 Å². The van der Waals surface area contributed by atoms with E-state index in [-0.39, 0.29) is 57.7 Å². The number of ketones is 1. The Morgan fingerprint density at radius 3 is 1.51 bits per heavy atom. The number of aliphatic hydroxyl groups is 1. The monoisotopic (exact) mass is 1590 g/mol. The van der Waals surface area contributed by atoms with E-state index in [9.17, 15) is 4.79 Å². The van der Waals surface area contributed by atoms with Gasteiger partial charge in [0.25, 0.3) is 0 Å². The van der Waals surface area contributed by atoms with E-state index in [1.807, 2.05) is 91.0 Å². The number of benzene rings is 12. The van der Waals surface area contributed by atoms with Gasteiger partial charge in [-0.2, -0.15) is 0 Å².